The van der Waals surface area contributed by atoms with E-state index in [1.807, 2.05) is 12.1 Å². The van der Waals surface area contributed by atoms with Crippen molar-refractivity contribution in [2.24, 2.45) is 4.99 Å². The Kier molecular flexibility index (Phi) is 6.94. The van der Waals surface area contributed by atoms with Gasteiger partial charge in [0.05, 0.1) is 19.8 Å². The van der Waals surface area contributed by atoms with Crippen LogP contribution in [0.5, 0.6) is 5.75 Å². The Labute approximate surface area is 150 Å². The second kappa shape index (κ2) is 9.63. The molecule has 1 fully saturated rings. The summed E-state index contributed by atoms with van der Waals surface area (Å²) in [5.74, 6) is 1.88. The largest absolute Gasteiger partial charge is 0.488 e. The SMILES string of the molecule is CCNC(=NCC1Cc2ccccc2O1)NCCCN1CCOCC1. The summed E-state index contributed by atoms with van der Waals surface area (Å²) in [4.78, 5) is 7.16. The maximum atomic E-state index is 5.96. The number of hydrogen-bond acceptors (Lipinski definition) is 4. The summed E-state index contributed by atoms with van der Waals surface area (Å²) in [6.07, 6.45) is 2.19. The molecule has 6 heteroatoms. The number of nitrogens with one attached hydrogen (secondary N) is 2. The van der Waals surface area contributed by atoms with Crippen LogP contribution >= 0.6 is 0 Å². The first-order valence-electron chi connectivity index (χ1n) is 9.42. The Morgan fingerprint density at radius 1 is 1.24 bits per heavy atom. The van der Waals surface area contributed by atoms with E-state index in [1.54, 1.807) is 0 Å². The van der Waals surface area contributed by atoms with Crippen LogP contribution in [0, 0.1) is 0 Å². The first kappa shape index (κ1) is 18.0. The molecule has 2 N–H and O–H groups in total. The molecule has 138 valence electrons. The van der Waals surface area contributed by atoms with Gasteiger partial charge in [-0.1, -0.05) is 18.2 Å². The number of nitrogens with zero attached hydrogens (tertiary/aromatic N) is 2. The molecule has 6 nitrogen and oxygen atoms in total. The molecule has 1 aromatic carbocycles. The molecule has 2 aliphatic rings. The van der Waals surface area contributed by atoms with Gasteiger partial charge < -0.3 is 20.1 Å². The average Bonchev–Trinajstić information content (AvgIpc) is 3.07. The summed E-state index contributed by atoms with van der Waals surface area (Å²) in [6, 6.07) is 8.25. The Morgan fingerprint density at radius 2 is 2.08 bits per heavy atom. The van der Waals surface area contributed by atoms with Gasteiger partial charge in [-0.25, -0.2) is 4.99 Å². The number of para-hydroxylation sites is 1. The fourth-order valence-electron chi connectivity index (χ4n) is 3.22. The number of ether oxygens (including phenoxy) is 2. The lowest BCUT2D eigenvalue weighted by atomic mass is 10.1. The van der Waals surface area contributed by atoms with Crippen molar-refractivity contribution in [3.63, 3.8) is 0 Å². The van der Waals surface area contributed by atoms with Crippen molar-refractivity contribution in [3.8, 4) is 5.75 Å². The van der Waals surface area contributed by atoms with E-state index in [2.05, 4.69) is 34.6 Å². The summed E-state index contributed by atoms with van der Waals surface area (Å²) < 4.78 is 11.3. The number of aliphatic imine (C=N–C) groups is 1. The number of benzene rings is 1. The Bertz CT molecular complexity index is 533. The van der Waals surface area contributed by atoms with Gasteiger partial charge in [-0.05, 0) is 31.5 Å². The Hall–Kier alpha value is -1.79. The molecule has 1 saturated heterocycles. The molecule has 0 radical (unpaired) electrons. The predicted molar refractivity (Wildman–Crippen MR) is 100 cm³/mol. The average molecular weight is 346 g/mol. The molecule has 0 amide bonds. The van der Waals surface area contributed by atoms with E-state index in [4.69, 9.17) is 14.5 Å². The van der Waals surface area contributed by atoms with Crippen LogP contribution in [0.1, 0.15) is 18.9 Å². The minimum absolute atomic E-state index is 0.140. The minimum atomic E-state index is 0.140. The molecule has 1 atom stereocenters. The smallest absolute Gasteiger partial charge is 0.191 e. The summed E-state index contributed by atoms with van der Waals surface area (Å²) in [6.45, 7) is 9.48. The molecule has 2 aliphatic heterocycles. The highest BCUT2D eigenvalue weighted by Crippen LogP contribution is 2.28. The van der Waals surface area contributed by atoms with Crippen LogP contribution in [0.25, 0.3) is 0 Å². The Balaban J connectivity index is 1.39. The van der Waals surface area contributed by atoms with Crippen LogP contribution in [0.4, 0.5) is 0 Å². The quantitative estimate of drug-likeness (QED) is 0.442. The third kappa shape index (κ3) is 5.61. The third-order valence-corrected chi connectivity index (χ3v) is 4.56. The lowest BCUT2D eigenvalue weighted by Crippen LogP contribution is -2.41. The van der Waals surface area contributed by atoms with Gasteiger partial charge in [-0.2, -0.15) is 0 Å². The van der Waals surface area contributed by atoms with Crippen molar-refractivity contribution in [2.45, 2.75) is 25.9 Å². The first-order valence-corrected chi connectivity index (χ1v) is 9.42. The summed E-state index contributed by atoms with van der Waals surface area (Å²) in [5, 5.41) is 6.75. The van der Waals surface area contributed by atoms with Gasteiger partial charge in [0.15, 0.2) is 5.96 Å². The zero-order valence-electron chi connectivity index (χ0n) is 15.2. The molecule has 0 spiro atoms. The first-order chi connectivity index (χ1) is 12.3. The van der Waals surface area contributed by atoms with Crippen LogP contribution in [0.15, 0.2) is 29.3 Å². The number of rotatable bonds is 7. The van der Waals surface area contributed by atoms with E-state index in [9.17, 15) is 0 Å². The molecule has 0 bridgehead atoms. The van der Waals surface area contributed by atoms with Gasteiger partial charge in [0.2, 0.25) is 0 Å². The molecule has 2 heterocycles. The van der Waals surface area contributed by atoms with Gasteiger partial charge in [0.25, 0.3) is 0 Å². The van der Waals surface area contributed by atoms with E-state index >= 15 is 0 Å². The summed E-state index contributed by atoms with van der Waals surface area (Å²) in [5.41, 5.74) is 1.28. The monoisotopic (exact) mass is 346 g/mol. The summed E-state index contributed by atoms with van der Waals surface area (Å²) >= 11 is 0. The topological polar surface area (TPSA) is 58.1 Å². The van der Waals surface area contributed by atoms with Gasteiger partial charge in [0.1, 0.15) is 11.9 Å². The van der Waals surface area contributed by atoms with E-state index in [0.717, 1.165) is 70.5 Å². The van der Waals surface area contributed by atoms with E-state index < -0.39 is 0 Å². The number of fused-ring (bicyclic) bond motifs is 1. The van der Waals surface area contributed by atoms with Crippen LogP contribution in [0.3, 0.4) is 0 Å². The van der Waals surface area contributed by atoms with Crippen molar-refractivity contribution in [1.82, 2.24) is 15.5 Å². The van der Waals surface area contributed by atoms with E-state index in [1.165, 1.54) is 5.56 Å². The minimum Gasteiger partial charge on any atom is -0.488 e. The fraction of sp³-hybridized carbons (Fsp3) is 0.632. The van der Waals surface area contributed by atoms with Crippen LogP contribution < -0.4 is 15.4 Å². The van der Waals surface area contributed by atoms with Crippen LogP contribution in [0.2, 0.25) is 0 Å². The van der Waals surface area contributed by atoms with Gasteiger partial charge >= 0.3 is 0 Å². The maximum absolute atomic E-state index is 5.96. The molecule has 1 unspecified atom stereocenters. The molecular formula is C19H30N4O2. The zero-order chi connectivity index (χ0) is 17.3. The molecule has 1 aromatic rings. The van der Waals surface area contributed by atoms with Gasteiger partial charge in [-0.3, -0.25) is 4.90 Å². The summed E-state index contributed by atoms with van der Waals surface area (Å²) in [7, 11) is 0. The third-order valence-electron chi connectivity index (χ3n) is 4.56. The Morgan fingerprint density at radius 3 is 2.88 bits per heavy atom. The number of hydrogen-bond donors (Lipinski definition) is 2. The van der Waals surface area contributed by atoms with Gasteiger partial charge in [0, 0.05) is 32.6 Å². The second-order valence-corrected chi connectivity index (χ2v) is 6.51. The lowest BCUT2D eigenvalue weighted by Gasteiger charge is -2.26. The highest BCUT2D eigenvalue weighted by Gasteiger charge is 2.21. The fourth-order valence-corrected chi connectivity index (χ4v) is 3.22. The molecule has 0 aromatic heterocycles. The van der Waals surface area contributed by atoms with Crippen molar-refractivity contribution in [3.05, 3.63) is 29.8 Å². The highest BCUT2D eigenvalue weighted by atomic mass is 16.5. The zero-order valence-corrected chi connectivity index (χ0v) is 15.2. The predicted octanol–water partition coefficient (Wildman–Crippen LogP) is 1.27. The van der Waals surface area contributed by atoms with E-state index in [-0.39, 0.29) is 6.10 Å². The molecule has 0 aliphatic carbocycles. The van der Waals surface area contributed by atoms with Crippen molar-refractivity contribution in [2.75, 3.05) is 52.5 Å². The van der Waals surface area contributed by atoms with E-state index in [0.29, 0.717) is 6.54 Å². The molecule has 25 heavy (non-hydrogen) atoms. The van der Waals surface area contributed by atoms with Crippen LogP contribution in [-0.2, 0) is 11.2 Å². The van der Waals surface area contributed by atoms with Crippen LogP contribution in [-0.4, -0.2) is 69.4 Å². The van der Waals surface area contributed by atoms with Crippen molar-refractivity contribution >= 4 is 5.96 Å². The molecular weight excluding hydrogens is 316 g/mol. The standard InChI is InChI=1S/C19H30N4O2/c1-2-20-19(21-8-5-9-23-10-12-24-13-11-23)22-15-17-14-16-6-3-4-7-18(16)25-17/h3-4,6-7,17H,2,5,8-15H2,1H3,(H2,20,21,22). The number of guanidine groups is 1. The molecule has 0 saturated carbocycles. The second-order valence-electron chi connectivity index (χ2n) is 6.51. The maximum Gasteiger partial charge on any atom is 0.191 e. The molecule has 3 rings (SSSR count). The van der Waals surface area contributed by atoms with Crippen molar-refractivity contribution < 1.29 is 9.47 Å². The van der Waals surface area contributed by atoms with Gasteiger partial charge in [-0.15, -0.1) is 0 Å². The lowest BCUT2D eigenvalue weighted by molar-refractivity contribution is 0.0376. The highest BCUT2D eigenvalue weighted by molar-refractivity contribution is 5.79. The number of morpholine rings is 1. The normalized spacial score (nSPS) is 20.8. The van der Waals surface area contributed by atoms with Crippen molar-refractivity contribution in [1.29, 1.82) is 0 Å².